The van der Waals surface area contributed by atoms with Crippen LogP contribution in [0.4, 0.5) is 5.69 Å². The van der Waals surface area contributed by atoms with E-state index in [0.29, 0.717) is 5.41 Å². The molecule has 0 saturated heterocycles. The molecule has 2 aliphatic carbocycles. The Bertz CT molecular complexity index is 981. The summed E-state index contributed by atoms with van der Waals surface area (Å²) in [5.74, 6) is 0. The van der Waals surface area contributed by atoms with Gasteiger partial charge in [0, 0.05) is 23.3 Å². The monoisotopic (exact) mass is 370 g/mol. The summed E-state index contributed by atoms with van der Waals surface area (Å²) in [6, 6.07) is 17.5. The average Bonchev–Trinajstić information content (AvgIpc) is 2.73. The number of nitrogens with zero attached hydrogens (tertiary/aromatic N) is 1. The van der Waals surface area contributed by atoms with Crippen LogP contribution in [0.15, 0.2) is 48.5 Å². The van der Waals surface area contributed by atoms with Gasteiger partial charge in [-0.1, -0.05) is 67.3 Å². The molecule has 1 spiro atoms. The first-order valence-electron chi connectivity index (χ1n) is 10.9. The highest BCUT2D eigenvalue weighted by Gasteiger charge is 2.37. The van der Waals surface area contributed by atoms with E-state index in [0.717, 1.165) is 18.5 Å². The van der Waals surface area contributed by atoms with Crippen molar-refractivity contribution in [3.63, 3.8) is 0 Å². The zero-order valence-electron chi connectivity index (χ0n) is 16.9. The van der Waals surface area contributed by atoms with Crippen LogP contribution in [-0.2, 0) is 19.4 Å². The Morgan fingerprint density at radius 3 is 2.54 bits per heavy atom. The van der Waals surface area contributed by atoms with E-state index < -0.39 is 0 Å². The lowest BCUT2D eigenvalue weighted by atomic mass is 9.64. The molecule has 0 bridgehead atoms. The van der Waals surface area contributed by atoms with Gasteiger partial charge in [-0.25, -0.2) is 0 Å². The minimum absolute atomic E-state index is 0.523. The van der Waals surface area contributed by atoms with Crippen molar-refractivity contribution in [3.8, 4) is 0 Å². The maximum Gasteiger partial charge on any atom is 0.0726 e. The molecule has 1 fully saturated rings. The van der Waals surface area contributed by atoms with Gasteiger partial charge in [0.2, 0.25) is 0 Å². The van der Waals surface area contributed by atoms with E-state index in [4.69, 9.17) is 4.98 Å². The summed E-state index contributed by atoms with van der Waals surface area (Å²) in [5.41, 5.74) is 8.48. The number of para-hydroxylation sites is 1. The van der Waals surface area contributed by atoms with Crippen LogP contribution in [0.5, 0.6) is 0 Å². The second-order valence-electron chi connectivity index (χ2n) is 9.01. The number of pyridine rings is 1. The number of aromatic nitrogens is 1. The van der Waals surface area contributed by atoms with Gasteiger partial charge in [0.15, 0.2) is 0 Å². The van der Waals surface area contributed by atoms with Gasteiger partial charge in [-0.2, -0.15) is 0 Å². The molecule has 1 aromatic heterocycles. The Morgan fingerprint density at radius 2 is 1.71 bits per heavy atom. The van der Waals surface area contributed by atoms with Crippen LogP contribution < -0.4 is 5.32 Å². The molecule has 0 atom stereocenters. The van der Waals surface area contributed by atoms with E-state index in [9.17, 15) is 0 Å². The highest BCUT2D eigenvalue weighted by Crippen LogP contribution is 2.48. The van der Waals surface area contributed by atoms with Crippen molar-refractivity contribution in [2.24, 2.45) is 5.41 Å². The maximum absolute atomic E-state index is 5.08. The van der Waals surface area contributed by atoms with E-state index in [-0.39, 0.29) is 0 Å². The topological polar surface area (TPSA) is 24.9 Å². The first-order chi connectivity index (χ1) is 13.7. The van der Waals surface area contributed by atoms with E-state index in [1.165, 1.54) is 78.4 Å². The van der Waals surface area contributed by atoms with Crippen LogP contribution in [0.1, 0.15) is 60.9 Å². The number of hydrogen-bond donors (Lipinski definition) is 1. The lowest BCUT2D eigenvalue weighted by molar-refractivity contribution is 0.161. The first kappa shape index (κ1) is 17.7. The Kier molecular flexibility index (Phi) is 4.58. The van der Waals surface area contributed by atoms with Crippen molar-refractivity contribution in [2.45, 2.75) is 64.8 Å². The number of benzene rings is 2. The van der Waals surface area contributed by atoms with E-state index in [1.54, 1.807) is 0 Å². The van der Waals surface area contributed by atoms with Crippen LogP contribution in [0.3, 0.4) is 0 Å². The number of fused-ring (bicyclic) bond motifs is 2. The van der Waals surface area contributed by atoms with Crippen molar-refractivity contribution in [2.75, 3.05) is 5.32 Å². The smallest absolute Gasteiger partial charge is 0.0726 e. The molecule has 3 aromatic rings. The molecule has 1 heterocycles. The zero-order chi connectivity index (χ0) is 19.0. The molecule has 5 rings (SSSR count). The molecule has 1 saturated carbocycles. The third-order valence-electron chi connectivity index (χ3n) is 7.03. The van der Waals surface area contributed by atoms with Gasteiger partial charge in [-0.15, -0.1) is 0 Å². The Labute approximate surface area is 168 Å². The van der Waals surface area contributed by atoms with E-state index >= 15 is 0 Å². The fourth-order valence-electron chi connectivity index (χ4n) is 5.37. The third kappa shape index (κ3) is 3.30. The zero-order valence-corrected chi connectivity index (χ0v) is 16.9. The first-order valence-corrected chi connectivity index (χ1v) is 10.9. The number of rotatable bonds is 3. The molecule has 0 unspecified atom stereocenters. The third-order valence-corrected chi connectivity index (χ3v) is 7.03. The molecule has 28 heavy (non-hydrogen) atoms. The summed E-state index contributed by atoms with van der Waals surface area (Å²) in [7, 11) is 0. The normalized spacial score (nSPS) is 18.2. The van der Waals surface area contributed by atoms with Gasteiger partial charge < -0.3 is 5.32 Å². The molecule has 0 aliphatic heterocycles. The second-order valence-corrected chi connectivity index (χ2v) is 9.01. The van der Waals surface area contributed by atoms with Crippen molar-refractivity contribution in [1.29, 1.82) is 0 Å². The quantitative estimate of drug-likeness (QED) is 0.562. The number of nitrogens with one attached hydrogen (secondary N) is 1. The molecule has 0 radical (unpaired) electrons. The highest BCUT2D eigenvalue weighted by atomic mass is 14.9. The summed E-state index contributed by atoms with van der Waals surface area (Å²) < 4.78 is 0. The highest BCUT2D eigenvalue weighted by molar-refractivity contribution is 5.93. The largest absolute Gasteiger partial charge is 0.380 e. The van der Waals surface area contributed by atoms with Crippen LogP contribution >= 0.6 is 0 Å². The summed E-state index contributed by atoms with van der Waals surface area (Å²) in [5, 5.41) is 5.11. The molecular formula is C26H30N2. The van der Waals surface area contributed by atoms with Gasteiger partial charge >= 0.3 is 0 Å². The van der Waals surface area contributed by atoms with Crippen LogP contribution in [0.25, 0.3) is 10.9 Å². The Morgan fingerprint density at radius 1 is 0.929 bits per heavy atom. The molecule has 2 aliphatic rings. The lowest BCUT2D eigenvalue weighted by Crippen LogP contribution is -2.32. The Balaban J connectivity index is 1.54. The van der Waals surface area contributed by atoms with Gasteiger partial charge in [0.25, 0.3) is 0 Å². The van der Waals surface area contributed by atoms with Crippen molar-refractivity contribution in [3.05, 3.63) is 70.9 Å². The lowest BCUT2D eigenvalue weighted by Gasteiger charge is -2.41. The number of anilines is 1. The molecular weight excluding hydrogens is 340 g/mol. The molecule has 0 amide bonds. The molecule has 2 nitrogen and oxygen atoms in total. The summed E-state index contributed by atoms with van der Waals surface area (Å²) in [6.07, 6.45) is 10.7. The fraction of sp³-hybridized carbons (Fsp3) is 0.423. The SMILES string of the molecule is Cc1ccc(CNc2c3c(nc4ccccc24)CCC2(CCCCC2)C3)cc1. The summed E-state index contributed by atoms with van der Waals surface area (Å²) in [6.45, 7) is 3.02. The van der Waals surface area contributed by atoms with Crippen LogP contribution in [0.2, 0.25) is 0 Å². The minimum atomic E-state index is 0.523. The predicted octanol–water partition coefficient (Wildman–Crippen LogP) is 6.59. The van der Waals surface area contributed by atoms with Gasteiger partial charge in [-0.3, -0.25) is 4.98 Å². The number of hydrogen-bond acceptors (Lipinski definition) is 2. The molecule has 2 heteroatoms. The molecule has 2 aromatic carbocycles. The fourth-order valence-corrected chi connectivity index (χ4v) is 5.37. The molecule has 1 N–H and O–H groups in total. The van der Waals surface area contributed by atoms with Crippen LogP contribution in [-0.4, -0.2) is 4.98 Å². The standard InChI is InChI=1S/C26H30N2/c1-19-9-11-20(12-10-19)18-27-25-21-7-3-4-8-23(21)28-24-13-16-26(17-22(24)25)14-5-2-6-15-26/h3-4,7-12H,2,5-6,13-18H2,1H3,(H,27,28). The van der Waals surface area contributed by atoms with Crippen LogP contribution in [0, 0.1) is 12.3 Å². The van der Waals surface area contributed by atoms with Gasteiger partial charge in [-0.05, 0) is 61.6 Å². The Hall–Kier alpha value is -2.35. The van der Waals surface area contributed by atoms with Crippen molar-refractivity contribution in [1.82, 2.24) is 4.98 Å². The van der Waals surface area contributed by atoms with Crippen molar-refractivity contribution >= 4 is 16.6 Å². The maximum atomic E-state index is 5.08. The van der Waals surface area contributed by atoms with Gasteiger partial charge in [0.1, 0.15) is 0 Å². The molecule has 144 valence electrons. The van der Waals surface area contributed by atoms with E-state index in [2.05, 4.69) is 60.8 Å². The second kappa shape index (κ2) is 7.24. The number of aryl methyl sites for hydroxylation is 2. The average molecular weight is 371 g/mol. The van der Waals surface area contributed by atoms with E-state index in [1.807, 2.05) is 0 Å². The van der Waals surface area contributed by atoms with Gasteiger partial charge in [0.05, 0.1) is 5.52 Å². The predicted molar refractivity (Wildman–Crippen MR) is 118 cm³/mol. The minimum Gasteiger partial charge on any atom is -0.380 e. The summed E-state index contributed by atoms with van der Waals surface area (Å²) in [4.78, 5) is 5.08. The van der Waals surface area contributed by atoms with Crippen molar-refractivity contribution < 1.29 is 0 Å². The summed E-state index contributed by atoms with van der Waals surface area (Å²) >= 11 is 0.